The van der Waals surface area contributed by atoms with Crippen LogP contribution in [0.2, 0.25) is 0 Å². The van der Waals surface area contributed by atoms with Crippen molar-refractivity contribution in [1.29, 1.82) is 0 Å². The largest absolute Gasteiger partial charge is 0.481 e. The Morgan fingerprint density at radius 3 is 2.73 bits per heavy atom. The predicted molar refractivity (Wildman–Crippen MR) is 87.2 cm³/mol. The Balaban J connectivity index is 2.31. The summed E-state index contributed by atoms with van der Waals surface area (Å²) in [4.78, 5) is 15.7. The van der Waals surface area contributed by atoms with Crippen molar-refractivity contribution < 1.29 is 15.0 Å². The van der Waals surface area contributed by atoms with E-state index in [1.807, 2.05) is 31.2 Å². The van der Waals surface area contributed by atoms with E-state index in [9.17, 15) is 4.79 Å². The summed E-state index contributed by atoms with van der Waals surface area (Å²) in [6, 6.07) is 7.75. The second-order valence-corrected chi connectivity index (χ2v) is 5.35. The number of aliphatic hydroxyl groups is 1. The molecule has 0 bridgehead atoms. The van der Waals surface area contributed by atoms with E-state index in [4.69, 9.17) is 10.2 Å². The van der Waals surface area contributed by atoms with E-state index >= 15 is 0 Å². The van der Waals surface area contributed by atoms with E-state index in [1.54, 1.807) is 0 Å². The molecular weight excluding hydrogens is 280 g/mol. The zero-order valence-corrected chi connectivity index (χ0v) is 12.8. The molecule has 0 aliphatic heterocycles. The van der Waals surface area contributed by atoms with Gasteiger partial charge in [0.1, 0.15) is 0 Å². The fourth-order valence-corrected chi connectivity index (χ4v) is 2.57. The van der Waals surface area contributed by atoms with Crippen LogP contribution < -0.4 is 5.32 Å². The van der Waals surface area contributed by atoms with Gasteiger partial charge in [-0.3, -0.25) is 9.78 Å². The zero-order valence-electron chi connectivity index (χ0n) is 12.8. The number of aromatic nitrogens is 1. The number of carboxylic acid groups (broad SMARTS) is 1. The fourth-order valence-electron chi connectivity index (χ4n) is 2.57. The molecule has 2 rings (SSSR count). The Labute approximate surface area is 130 Å². The number of rotatable bonds is 8. The SMILES string of the molecule is Cc1nc2ccccc2c(NCCCCCO)c1CC(=O)O. The van der Waals surface area contributed by atoms with Gasteiger partial charge in [0.05, 0.1) is 11.9 Å². The Morgan fingerprint density at radius 2 is 2.00 bits per heavy atom. The third-order valence-corrected chi connectivity index (χ3v) is 3.66. The molecule has 0 spiro atoms. The second-order valence-electron chi connectivity index (χ2n) is 5.35. The first-order valence-electron chi connectivity index (χ1n) is 7.58. The lowest BCUT2D eigenvalue weighted by Gasteiger charge is -2.16. The van der Waals surface area contributed by atoms with Gasteiger partial charge in [-0.15, -0.1) is 0 Å². The number of aryl methyl sites for hydroxylation is 1. The van der Waals surface area contributed by atoms with E-state index in [2.05, 4.69) is 10.3 Å². The number of aliphatic hydroxyl groups excluding tert-OH is 1. The summed E-state index contributed by atoms with van der Waals surface area (Å²) in [7, 11) is 0. The molecule has 3 N–H and O–H groups in total. The Morgan fingerprint density at radius 1 is 1.23 bits per heavy atom. The van der Waals surface area contributed by atoms with Crippen molar-refractivity contribution in [1.82, 2.24) is 4.98 Å². The standard InChI is InChI=1S/C17H22N2O3/c1-12-14(11-16(21)22)17(18-9-5-2-6-10-20)13-7-3-4-8-15(13)19-12/h3-4,7-8,20H,2,5-6,9-11H2,1H3,(H,18,19)(H,21,22). The van der Waals surface area contributed by atoms with E-state index in [1.165, 1.54) is 0 Å². The van der Waals surface area contributed by atoms with Crippen LogP contribution in [0, 0.1) is 6.92 Å². The van der Waals surface area contributed by atoms with Crippen LogP contribution in [0.1, 0.15) is 30.5 Å². The molecule has 1 aromatic heterocycles. The number of carbonyl (C=O) groups is 1. The van der Waals surface area contributed by atoms with E-state index in [-0.39, 0.29) is 13.0 Å². The van der Waals surface area contributed by atoms with Crippen molar-refractivity contribution in [3.8, 4) is 0 Å². The van der Waals surface area contributed by atoms with Crippen LogP contribution in [0.5, 0.6) is 0 Å². The van der Waals surface area contributed by atoms with Gasteiger partial charge in [0, 0.05) is 35.5 Å². The smallest absolute Gasteiger partial charge is 0.307 e. The number of carboxylic acids is 1. The van der Waals surface area contributed by atoms with Crippen LogP contribution >= 0.6 is 0 Å². The topological polar surface area (TPSA) is 82.5 Å². The maximum absolute atomic E-state index is 11.1. The summed E-state index contributed by atoms with van der Waals surface area (Å²) >= 11 is 0. The molecule has 1 aromatic carbocycles. The minimum Gasteiger partial charge on any atom is -0.481 e. The molecular formula is C17H22N2O3. The van der Waals surface area contributed by atoms with Gasteiger partial charge in [-0.25, -0.2) is 0 Å². The lowest BCUT2D eigenvalue weighted by Crippen LogP contribution is -2.11. The number of hydrogen-bond donors (Lipinski definition) is 3. The molecule has 5 nitrogen and oxygen atoms in total. The average molecular weight is 302 g/mol. The minimum atomic E-state index is -0.858. The highest BCUT2D eigenvalue weighted by Gasteiger charge is 2.14. The van der Waals surface area contributed by atoms with Crippen LogP contribution in [0.3, 0.4) is 0 Å². The molecule has 0 aliphatic rings. The molecule has 0 atom stereocenters. The predicted octanol–water partition coefficient (Wildman–Crippen LogP) is 2.74. The van der Waals surface area contributed by atoms with Crippen LogP contribution in [0.15, 0.2) is 24.3 Å². The van der Waals surface area contributed by atoms with Gasteiger partial charge in [0.15, 0.2) is 0 Å². The van der Waals surface area contributed by atoms with E-state index in [0.29, 0.717) is 0 Å². The van der Waals surface area contributed by atoms with Crippen molar-refractivity contribution >= 4 is 22.6 Å². The third kappa shape index (κ3) is 3.95. The van der Waals surface area contributed by atoms with Crippen LogP contribution in [0.4, 0.5) is 5.69 Å². The highest BCUT2D eigenvalue weighted by Crippen LogP contribution is 2.29. The average Bonchev–Trinajstić information content (AvgIpc) is 2.49. The highest BCUT2D eigenvalue weighted by molar-refractivity contribution is 5.94. The molecule has 0 aliphatic carbocycles. The molecule has 2 aromatic rings. The molecule has 0 amide bonds. The Kier molecular flexibility index (Phi) is 5.72. The molecule has 22 heavy (non-hydrogen) atoms. The number of unbranched alkanes of at least 4 members (excludes halogenated alkanes) is 2. The summed E-state index contributed by atoms with van der Waals surface area (Å²) < 4.78 is 0. The van der Waals surface area contributed by atoms with Crippen molar-refractivity contribution in [3.05, 3.63) is 35.5 Å². The van der Waals surface area contributed by atoms with Crippen molar-refractivity contribution in [3.63, 3.8) is 0 Å². The first-order chi connectivity index (χ1) is 10.6. The Bertz CT molecular complexity index is 656. The molecule has 0 saturated carbocycles. The second kappa shape index (κ2) is 7.75. The molecule has 118 valence electrons. The number of para-hydroxylation sites is 1. The van der Waals surface area contributed by atoms with Gasteiger partial charge in [-0.05, 0) is 32.3 Å². The summed E-state index contributed by atoms with van der Waals surface area (Å²) in [5.74, 6) is -0.858. The highest BCUT2D eigenvalue weighted by atomic mass is 16.4. The van der Waals surface area contributed by atoms with Gasteiger partial charge in [0.25, 0.3) is 0 Å². The maximum Gasteiger partial charge on any atom is 0.307 e. The quantitative estimate of drug-likeness (QED) is 0.653. The summed E-state index contributed by atoms with van der Waals surface area (Å²) in [5.41, 5.74) is 3.23. The molecule has 0 saturated heterocycles. The third-order valence-electron chi connectivity index (χ3n) is 3.66. The van der Waals surface area contributed by atoms with Gasteiger partial charge >= 0.3 is 5.97 Å². The molecule has 0 radical (unpaired) electrons. The fraction of sp³-hybridized carbons (Fsp3) is 0.412. The number of pyridine rings is 1. The lowest BCUT2D eigenvalue weighted by atomic mass is 10.0. The normalized spacial score (nSPS) is 10.8. The number of nitrogens with zero attached hydrogens (tertiary/aromatic N) is 1. The van der Waals surface area contributed by atoms with Crippen LogP contribution in [-0.4, -0.2) is 34.3 Å². The molecule has 1 heterocycles. The number of fused-ring (bicyclic) bond motifs is 1. The number of aliphatic carboxylic acids is 1. The molecule has 5 heteroatoms. The van der Waals surface area contributed by atoms with Crippen molar-refractivity contribution in [2.75, 3.05) is 18.5 Å². The van der Waals surface area contributed by atoms with Crippen LogP contribution in [0.25, 0.3) is 10.9 Å². The summed E-state index contributed by atoms with van der Waals surface area (Å²) in [6.45, 7) is 2.81. The van der Waals surface area contributed by atoms with E-state index in [0.717, 1.165) is 53.7 Å². The van der Waals surface area contributed by atoms with Gasteiger partial charge in [0.2, 0.25) is 0 Å². The first-order valence-corrected chi connectivity index (χ1v) is 7.58. The van der Waals surface area contributed by atoms with Crippen molar-refractivity contribution in [2.45, 2.75) is 32.6 Å². The monoisotopic (exact) mass is 302 g/mol. The Hall–Kier alpha value is -2.14. The lowest BCUT2D eigenvalue weighted by molar-refractivity contribution is -0.136. The molecule has 0 fully saturated rings. The maximum atomic E-state index is 11.1. The number of benzene rings is 1. The van der Waals surface area contributed by atoms with Gasteiger partial charge in [-0.2, -0.15) is 0 Å². The van der Waals surface area contributed by atoms with Gasteiger partial charge < -0.3 is 15.5 Å². The first kappa shape index (κ1) is 16.2. The molecule has 0 unspecified atom stereocenters. The number of hydrogen-bond acceptors (Lipinski definition) is 4. The number of nitrogens with one attached hydrogen (secondary N) is 1. The van der Waals surface area contributed by atoms with Gasteiger partial charge in [-0.1, -0.05) is 18.2 Å². The summed E-state index contributed by atoms with van der Waals surface area (Å²) in [5, 5.41) is 22.3. The number of anilines is 1. The van der Waals surface area contributed by atoms with Crippen LogP contribution in [-0.2, 0) is 11.2 Å². The summed E-state index contributed by atoms with van der Waals surface area (Å²) in [6.07, 6.45) is 2.63. The van der Waals surface area contributed by atoms with E-state index < -0.39 is 5.97 Å². The minimum absolute atomic E-state index is 0.0390. The van der Waals surface area contributed by atoms with Crippen molar-refractivity contribution in [2.24, 2.45) is 0 Å². The zero-order chi connectivity index (χ0) is 15.9.